The minimum absolute atomic E-state index is 0.0801. The van der Waals surface area contributed by atoms with Gasteiger partial charge in [0.25, 0.3) is 5.91 Å². The number of fused-ring (bicyclic) bond motifs is 1. The number of carbonyl (C=O) groups excluding carboxylic acids is 1. The molecule has 1 atom stereocenters. The Hall–Kier alpha value is -1.39. The summed E-state index contributed by atoms with van der Waals surface area (Å²) in [7, 11) is 0. The van der Waals surface area contributed by atoms with Crippen LogP contribution in [-0.4, -0.2) is 29.9 Å². The van der Waals surface area contributed by atoms with Gasteiger partial charge in [0.1, 0.15) is 0 Å². The van der Waals surface area contributed by atoms with E-state index in [2.05, 4.69) is 34.6 Å². The molecule has 0 saturated heterocycles. The summed E-state index contributed by atoms with van der Waals surface area (Å²) in [6.07, 6.45) is 2.80. The molecule has 1 aromatic carbocycles. The van der Waals surface area contributed by atoms with E-state index in [1.165, 1.54) is 11.1 Å². The molecule has 1 amide bonds. The molecular formula is C14H21N3O. The van der Waals surface area contributed by atoms with Crippen molar-refractivity contribution in [2.75, 3.05) is 13.1 Å². The Bertz CT molecular complexity index is 392. The Balaban J connectivity index is 2.09. The van der Waals surface area contributed by atoms with E-state index >= 15 is 0 Å². The van der Waals surface area contributed by atoms with E-state index in [0.717, 1.165) is 32.4 Å². The number of amides is 1. The van der Waals surface area contributed by atoms with Gasteiger partial charge in [0.2, 0.25) is 0 Å². The van der Waals surface area contributed by atoms with Gasteiger partial charge in [-0.05, 0) is 30.4 Å². The lowest BCUT2D eigenvalue weighted by atomic mass is 10.0. The van der Waals surface area contributed by atoms with Crippen LogP contribution in [0.25, 0.3) is 0 Å². The van der Waals surface area contributed by atoms with E-state index < -0.39 is 0 Å². The molecule has 0 spiro atoms. The second kappa shape index (κ2) is 5.98. The van der Waals surface area contributed by atoms with Gasteiger partial charge in [0, 0.05) is 13.1 Å². The maximum atomic E-state index is 11.7. The molecule has 1 aromatic rings. The third kappa shape index (κ3) is 2.71. The summed E-state index contributed by atoms with van der Waals surface area (Å²) in [6, 6.07) is 8.42. The number of hydrogen-bond donors (Lipinski definition) is 2. The second-order valence-corrected chi connectivity index (χ2v) is 4.74. The van der Waals surface area contributed by atoms with Crippen LogP contribution in [-0.2, 0) is 17.6 Å². The van der Waals surface area contributed by atoms with Crippen molar-refractivity contribution in [1.82, 2.24) is 10.3 Å². The van der Waals surface area contributed by atoms with Gasteiger partial charge in [-0.3, -0.25) is 15.1 Å². The largest absolute Gasteiger partial charge is 0.293 e. The van der Waals surface area contributed by atoms with Crippen molar-refractivity contribution in [1.29, 1.82) is 0 Å². The first-order chi connectivity index (χ1) is 8.76. The summed E-state index contributed by atoms with van der Waals surface area (Å²) in [5, 5.41) is 0. The average molecular weight is 247 g/mol. The first-order valence-electron chi connectivity index (χ1n) is 6.57. The molecule has 0 saturated carbocycles. The van der Waals surface area contributed by atoms with Crippen molar-refractivity contribution in [2.24, 2.45) is 5.84 Å². The summed E-state index contributed by atoms with van der Waals surface area (Å²) in [5.74, 6) is 5.17. The Morgan fingerprint density at radius 3 is 2.33 bits per heavy atom. The van der Waals surface area contributed by atoms with Crippen molar-refractivity contribution in [2.45, 2.75) is 32.2 Å². The molecular weight excluding hydrogens is 226 g/mol. The average Bonchev–Trinajstić information content (AvgIpc) is 2.62. The maximum Gasteiger partial charge on any atom is 0.251 e. The van der Waals surface area contributed by atoms with Crippen LogP contribution in [0.3, 0.4) is 0 Å². The molecule has 2 rings (SSSR count). The number of hydrazine groups is 1. The van der Waals surface area contributed by atoms with Gasteiger partial charge in [-0.1, -0.05) is 31.2 Å². The predicted octanol–water partition coefficient (Wildman–Crippen LogP) is 0.856. The lowest BCUT2D eigenvalue weighted by Gasteiger charge is -2.28. The highest BCUT2D eigenvalue weighted by Gasteiger charge is 2.25. The van der Waals surface area contributed by atoms with Crippen LogP contribution in [0.15, 0.2) is 24.3 Å². The third-order valence-electron chi connectivity index (χ3n) is 3.73. The van der Waals surface area contributed by atoms with Crippen molar-refractivity contribution in [3.8, 4) is 0 Å². The molecule has 4 heteroatoms. The third-order valence-corrected chi connectivity index (χ3v) is 3.73. The number of nitrogens with zero attached hydrogens (tertiary/aromatic N) is 1. The van der Waals surface area contributed by atoms with E-state index in [9.17, 15) is 4.79 Å². The van der Waals surface area contributed by atoms with Crippen LogP contribution < -0.4 is 11.3 Å². The van der Waals surface area contributed by atoms with Gasteiger partial charge in [0.05, 0.1) is 6.04 Å². The topological polar surface area (TPSA) is 58.4 Å². The predicted molar refractivity (Wildman–Crippen MR) is 71.8 cm³/mol. The van der Waals surface area contributed by atoms with Crippen LogP contribution in [0, 0.1) is 0 Å². The molecule has 3 N–H and O–H groups in total. The van der Waals surface area contributed by atoms with E-state index in [1.807, 2.05) is 6.92 Å². The number of hydrogen-bond acceptors (Lipinski definition) is 3. The number of nitrogens with one attached hydrogen (secondary N) is 1. The fourth-order valence-electron chi connectivity index (χ4n) is 2.70. The zero-order valence-corrected chi connectivity index (χ0v) is 10.9. The van der Waals surface area contributed by atoms with Crippen LogP contribution in [0.2, 0.25) is 0 Å². The molecule has 1 unspecified atom stereocenters. The standard InChI is InChI=1S/C14H21N3O/c1-2-13(14(18)16-15)17-9-7-11-5-3-4-6-12(11)8-10-17/h3-6,13H,2,7-10,15H2,1H3,(H,16,18). The molecule has 1 aliphatic heterocycles. The summed E-state index contributed by atoms with van der Waals surface area (Å²) < 4.78 is 0. The van der Waals surface area contributed by atoms with Crippen molar-refractivity contribution in [3.05, 3.63) is 35.4 Å². The number of nitrogens with two attached hydrogens (primary N) is 1. The normalized spacial score (nSPS) is 17.7. The Morgan fingerprint density at radius 2 is 1.89 bits per heavy atom. The fraction of sp³-hybridized carbons (Fsp3) is 0.500. The van der Waals surface area contributed by atoms with Gasteiger partial charge in [-0.15, -0.1) is 0 Å². The highest BCUT2D eigenvalue weighted by Crippen LogP contribution is 2.17. The molecule has 1 heterocycles. The fourth-order valence-corrected chi connectivity index (χ4v) is 2.70. The highest BCUT2D eigenvalue weighted by molar-refractivity contribution is 5.81. The minimum Gasteiger partial charge on any atom is -0.293 e. The monoisotopic (exact) mass is 247 g/mol. The number of carbonyl (C=O) groups is 1. The van der Waals surface area contributed by atoms with Crippen LogP contribution in [0.5, 0.6) is 0 Å². The molecule has 4 nitrogen and oxygen atoms in total. The zero-order valence-electron chi connectivity index (χ0n) is 10.9. The van der Waals surface area contributed by atoms with Crippen molar-refractivity contribution < 1.29 is 4.79 Å². The van der Waals surface area contributed by atoms with Crippen LogP contribution in [0.4, 0.5) is 0 Å². The second-order valence-electron chi connectivity index (χ2n) is 4.74. The van der Waals surface area contributed by atoms with Gasteiger partial charge < -0.3 is 0 Å². The summed E-state index contributed by atoms with van der Waals surface area (Å²) >= 11 is 0. The van der Waals surface area contributed by atoms with E-state index in [1.54, 1.807) is 0 Å². The molecule has 98 valence electrons. The first kappa shape index (κ1) is 13.1. The number of rotatable bonds is 3. The smallest absolute Gasteiger partial charge is 0.251 e. The van der Waals surface area contributed by atoms with Gasteiger partial charge in [0.15, 0.2) is 0 Å². The number of benzene rings is 1. The molecule has 0 bridgehead atoms. The Kier molecular flexibility index (Phi) is 4.33. The molecule has 0 aromatic heterocycles. The summed E-state index contributed by atoms with van der Waals surface area (Å²) in [6.45, 7) is 3.86. The van der Waals surface area contributed by atoms with E-state index in [-0.39, 0.29) is 11.9 Å². The van der Waals surface area contributed by atoms with Gasteiger partial charge >= 0.3 is 0 Å². The first-order valence-corrected chi connectivity index (χ1v) is 6.57. The lowest BCUT2D eigenvalue weighted by molar-refractivity contribution is -0.126. The van der Waals surface area contributed by atoms with Crippen LogP contribution >= 0.6 is 0 Å². The molecule has 0 radical (unpaired) electrons. The molecule has 1 aliphatic rings. The zero-order chi connectivity index (χ0) is 13.0. The van der Waals surface area contributed by atoms with Crippen molar-refractivity contribution >= 4 is 5.91 Å². The quantitative estimate of drug-likeness (QED) is 0.473. The lowest BCUT2D eigenvalue weighted by Crippen LogP contribution is -2.49. The minimum atomic E-state index is -0.107. The van der Waals surface area contributed by atoms with Crippen molar-refractivity contribution in [3.63, 3.8) is 0 Å². The summed E-state index contributed by atoms with van der Waals surface area (Å²) in [4.78, 5) is 14.0. The SMILES string of the molecule is CCC(C(=O)NN)N1CCc2ccccc2CC1. The highest BCUT2D eigenvalue weighted by atomic mass is 16.2. The maximum absolute atomic E-state index is 11.7. The van der Waals surface area contributed by atoms with E-state index in [0.29, 0.717) is 0 Å². The Labute approximate surface area is 108 Å². The summed E-state index contributed by atoms with van der Waals surface area (Å²) in [5.41, 5.74) is 5.09. The molecule has 0 aliphatic carbocycles. The van der Waals surface area contributed by atoms with Gasteiger partial charge in [-0.25, -0.2) is 5.84 Å². The molecule has 0 fully saturated rings. The van der Waals surface area contributed by atoms with Gasteiger partial charge in [-0.2, -0.15) is 0 Å². The Morgan fingerprint density at radius 1 is 1.33 bits per heavy atom. The van der Waals surface area contributed by atoms with E-state index in [4.69, 9.17) is 5.84 Å². The van der Waals surface area contributed by atoms with Crippen LogP contribution in [0.1, 0.15) is 24.5 Å². The molecule has 18 heavy (non-hydrogen) atoms.